The summed E-state index contributed by atoms with van der Waals surface area (Å²) in [6.45, 7) is 5.55. The van der Waals surface area contributed by atoms with E-state index in [-0.39, 0.29) is 12.1 Å². The highest BCUT2D eigenvalue weighted by Gasteiger charge is 2.28. The number of carbonyl (C=O) groups excluding carboxylic acids is 1. The standard InChI is InChI=1S/C22H24N4O2/c1-15-12-16(2)25-21(24-15)28-19-10-11-26(14-19)22(27)23-13-18-8-5-7-17-6-3-4-9-20(17)18/h3-9,12,19H,10-11,13-14H2,1-2H3,(H,23,27)/t19-/m1/s1. The molecule has 2 heterocycles. The number of hydrogen-bond acceptors (Lipinski definition) is 4. The molecule has 0 spiro atoms. The number of nitrogens with zero attached hydrogens (tertiary/aromatic N) is 3. The molecule has 0 bridgehead atoms. The summed E-state index contributed by atoms with van der Waals surface area (Å²) in [5.74, 6) is 0. The molecule has 0 radical (unpaired) electrons. The second kappa shape index (κ2) is 7.84. The summed E-state index contributed by atoms with van der Waals surface area (Å²) in [6.07, 6.45) is 0.697. The first-order valence-electron chi connectivity index (χ1n) is 9.57. The highest BCUT2D eigenvalue weighted by molar-refractivity contribution is 5.86. The SMILES string of the molecule is Cc1cc(C)nc(O[C@@H]2CCN(C(=O)NCc3cccc4ccccc34)C2)n1. The fraction of sp³-hybridized carbons (Fsp3) is 0.318. The Morgan fingerprint density at radius 3 is 2.71 bits per heavy atom. The molecule has 1 N–H and O–H groups in total. The first kappa shape index (κ1) is 18.2. The zero-order chi connectivity index (χ0) is 19.5. The van der Waals surface area contributed by atoms with E-state index in [4.69, 9.17) is 4.74 Å². The minimum absolute atomic E-state index is 0.0691. The van der Waals surface area contributed by atoms with Gasteiger partial charge in [-0.3, -0.25) is 0 Å². The average molecular weight is 376 g/mol. The normalized spacial score (nSPS) is 16.4. The molecule has 1 aliphatic rings. The Hall–Kier alpha value is -3.15. The molecule has 2 aromatic carbocycles. The third-order valence-electron chi connectivity index (χ3n) is 4.98. The second-order valence-corrected chi connectivity index (χ2v) is 7.20. The molecule has 6 nitrogen and oxygen atoms in total. The van der Waals surface area contributed by atoms with E-state index < -0.39 is 0 Å². The molecule has 144 valence electrons. The molecule has 1 aliphatic heterocycles. The second-order valence-electron chi connectivity index (χ2n) is 7.20. The van der Waals surface area contributed by atoms with Gasteiger partial charge < -0.3 is 15.0 Å². The number of rotatable bonds is 4. The van der Waals surface area contributed by atoms with Crippen LogP contribution in [0.5, 0.6) is 6.01 Å². The van der Waals surface area contributed by atoms with Crippen molar-refractivity contribution in [2.24, 2.45) is 0 Å². The van der Waals surface area contributed by atoms with Gasteiger partial charge in [0, 0.05) is 30.9 Å². The number of nitrogens with one attached hydrogen (secondary N) is 1. The van der Waals surface area contributed by atoms with Gasteiger partial charge in [0.05, 0.1) is 6.54 Å². The molecule has 0 unspecified atom stereocenters. The van der Waals surface area contributed by atoms with Crippen LogP contribution >= 0.6 is 0 Å². The first-order chi connectivity index (χ1) is 13.6. The number of benzene rings is 2. The monoisotopic (exact) mass is 376 g/mol. The lowest BCUT2D eigenvalue weighted by atomic mass is 10.0. The van der Waals surface area contributed by atoms with Crippen molar-refractivity contribution in [1.82, 2.24) is 20.2 Å². The maximum Gasteiger partial charge on any atom is 0.317 e. The van der Waals surface area contributed by atoms with E-state index in [9.17, 15) is 4.79 Å². The highest BCUT2D eigenvalue weighted by atomic mass is 16.5. The summed E-state index contributed by atoms with van der Waals surface area (Å²) >= 11 is 0. The van der Waals surface area contributed by atoms with Crippen molar-refractivity contribution in [3.05, 3.63) is 65.5 Å². The maximum atomic E-state index is 12.6. The van der Waals surface area contributed by atoms with E-state index in [1.54, 1.807) is 4.90 Å². The molecule has 2 amide bonds. The van der Waals surface area contributed by atoms with E-state index >= 15 is 0 Å². The average Bonchev–Trinajstić information content (AvgIpc) is 3.14. The Balaban J connectivity index is 1.34. The van der Waals surface area contributed by atoms with Gasteiger partial charge in [0.2, 0.25) is 0 Å². The summed E-state index contributed by atoms with van der Waals surface area (Å²) in [7, 11) is 0. The van der Waals surface area contributed by atoms with Gasteiger partial charge >= 0.3 is 12.0 Å². The third-order valence-corrected chi connectivity index (χ3v) is 4.98. The van der Waals surface area contributed by atoms with Crippen molar-refractivity contribution >= 4 is 16.8 Å². The number of hydrogen-bond donors (Lipinski definition) is 1. The number of aromatic nitrogens is 2. The van der Waals surface area contributed by atoms with Crippen molar-refractivity contribution in [2.45, 2.75) is 32.9 Å². The van der Waals surface area contributed by atoms with Crippen molar-refractivity contribution in [3.63, 3.8) is 0 Å². The maximum absolute atomic E-state index is 12.6. The first-order valence-corrected chi connectivity index (χ1v) is 9.57. The van der Waals surface area contributed by atoms with E-state index in [2.05, 4.69) is 39.6 Å². The van der Waals surface area contributed by atoms with Gasteiger partial charge in [-0.05, 0) is 36.2 Å². The van der Waals surface area contributed by atoms with Gasteiger partial charge in [-0.2, -0.15) is 0 Å². The molecule has 0 aliphatic carbocycles. The van der Waals surface area contributed by atoms with E-state index in [1.165, 1.54) is 10.8 Å². The summed E-state index contributed by atoms with van der Waals surface area (Å²) in [6, 6.07) is 16.6. The minimum atomic E-state index is -0.0792. The predicted octanol–water partition coefficient (Wildman–Crippen LogP) is 3.61. The lowest BCUT2D eigenvalue weighted by Gasteiger charge is -2.18. The molecule has 0 saturated carbocycles. The fourth-order valence-corrected chi connectivity index (χ4v) is 3.63. The van der Waals surface area contributed by atoms with Crippen LogP contribution in [0.3, 0.4) is 0 Å². The zero-order valence-corrected chi connectivity index (χ0v) is 16.2. The summed E-state index contributed by atoms with van der Waals surface area (Å²) < 4.78 is 5.89. The van der Waals surface area contributed by atoms with Crippen LogP contribution in [0, 0.1) is 13.8 Å². The van der Waals surface area contributed by atoms with E-state index in [0.717, 1.165) is 23.4 Å². The molecule has 1 fully saturated rings. The fourth-order valence-electron chi connectivity index (χ4n) is 3.63. The predicted molar refractivity (Wildman–Crippen MR) is 108 cm³/mol. The topological polar surface area (TPSA) is 67.3 Å². The Labute approximate surface area is 164 Å². The molecule has 1 aromatic heterocycles. The van der Waals surface area contributed by atoms with Crippen LogP contribution in [-0.2, 0) is 6.54 Å². The Kier molecular flexibility index (Phi) is 5.10. The lowest BCUT2D eigenvalue weighted by molar-refractivity contribution is 0.177. The summed E-state index contributed by atoms with van der Waals surface area (Å²) in [4.78, 5) is 23.0. The van der Waals surface area contributed by atoms with Crippen molar-refractivity contribution < 1.29 is 9.53 Å². The van der Waals surface area contributed by atoms with Crippen LogP contribution in [0.4, 0.5) is 4.79 Å². The van der Waals surface area contributed by atoms with Crippen LogP contribution in [0.2, 0.25) is 0 Å². The van der Waals surface area contributed by atoms with Crippen LogP contribution < -0.4 is 10.1 Å². The Morgan fingerprint density at radius 2 is 1.89 bits per heavy atom. The molecule has 1 atom stereocenters. The van der Waals surface area contributed by atoms with Crippen molar-refractivity contribution in [3.8, 4) is 6.01 Å². The third kappa shape index (κ3) is 4.06. The number of amides is 2. The smallest absolute Gasteiger partial charge is 0.317 e. The van der Waals surface area contributed by atoms with Crippen LogP contribution in [0.15, 0.2) is 48.5 Å². The number of likely N-dealkylation sites (tertiary alicyclic amines) is 1. The molecule has 4 rings (SSSR count). The van der Waals surface area contributed by atoms with Gasteiger partial charge in [-0.25, -0.2) is 14.8 Å². The van der Waals surface area contributed by atoms with Crippen LogP contribution in [0.25, 0.3) is 10.8 Å². The van der Waals surface area contributed by atoms with Crippen LogP contribution in [-0.4, -0.2) is 40.1 Å². The Morgan fingerprint density at radius 1 is 1.14 bits per heavy atom. The number of carbonyl (C=O) groups is 1. The van der Waals surface area contributed by atoms with Crippen LogP contribution in [0.1, 0.15) is 23.4 Å². The molecule has 3 aromatic rings. The van der Waals surface area contributed by atoms with E-state index in [1.807, 2.05) is 38.1 Å². The van der Waals surface area contributed by atoms with Crippen molar-refractivity contribution in [1.29, 1.82) is 0 Å². The molecular formula is C22H24N4O2. The quantitative estimate of drug-likeness (QED) is 0.755. The van der Waals surface area contributed by atoms with Crippen molar-refractivity contribution in [2.75, 3.05) is 13.1 Å². The molecule has 1 saturated heterocycles. The van der Waals surface area contributed by atoms with Gasteiger partial charge in [0.15, 0.2) is 0 Å². The van der Waals surface area contributed by atoms with Gasteiger partial charge in [-0.15, -0.1) is 0 Å². The Bertz CT molecular complexity index is 979. The highest BCUT2D eigenvalue weighted by Crippen LogP contribution is 2.19. The summed E-state index contributed by atoms with van der Waals surface area (Å²) in [5, 5.41) is 5.38. The largest absolute Gasteiger partial charge is 0.458 e. The zero-order valence-electron chi connectivity index (χ0n) is 16.2. The number of ether oxygens (including phenoxy) is 1. The van der Waals surface area contributed by atoms with E-state index in [0.29, 0.717) is 25.6 Å². The number of urea groups is 1. The minimum Gasteiger partial charge on any atom is -0.458 e. The molecule has 6 heteroatoms. The van der Waals surface area contributed by atoms with Gasteiger partial charge in [0.25, 0.3) is 0 Å². The van der Waals surface area contributed by atoms with Gasteiger partial charge in [0.1, 0.15) is 6.10 Å². The molecule has 28 heavy (non-hydrogen) atoms. The lowest BCUT2D eigenvalue weighted by Crippen LogP contribution is -2.39. The number of fused-ring (bicyclic) bond motifs is 1. The van der Waals surface area contributed by atoms with Gasteiger partial charge in [-0.1, -0.05) is 42.5 Å². The molecular weight excluding hydrogens is 352 g/mol. The summed E-state index contributed by atoms with van der Waals surface area (Å²) in [5.41, 5.74) is 2.87. The number of aryl methyl sites for hydroxylation is 2.